The average molecular weight is 273 g/mol. The Kier molecular flexibility index (Phi) is 3.23. The van der Waals surface area contributed by atoms with Gasteiger partial charge in [0.2, 0.25) is 0 Å². The van der Waals surface area contributed by atoms with Gasteiger partial charge in [-0.1, -0.05) is 46.8 Å². The predicted octanol–water partition coefficient (Wildman–Crippen LogP) is 4.18. The molecule has 0 radical (unpaired) electrons. The van der Waals surface area contributed by atoms with Gasteiger partial charge in [0.15, 0.2) is 0 Å². The van der Waals surface area contributed by atoms with Gasteiger partial charge in [0.25, 0.3) is 0 Å². The number of aryl methyl sites for hydroxylation is 1. The van der Waals surface area contributed by atoms with E-state index in [1.54, 1.807) is 0 Å². The largest absolute Gasteiger partial charge is 0.247 e. The summed E-state index contributed by atoms with van der Waals surface area (Å²) in [6, 6.07) is 0. The minimum atomic E-state index is 0.0690. The molecule has 0 aliphatic heterocycles. The van der Waals surface area contributed by atoms with Crippen LogP contribution in [0.15, 0.2) is 0 Å². The van der Waals surface area contributed by atoms with Crippen LogP contribution in [0, 0.1) is 13.8 Å². The van der Waals surface area contributed by atoms with E-state index in [1.807, 2.05) is 11.7 Å². The van der Waals surface area contributed by atoms with E-state index in [4.69, 9.17) is 0 Å². The maximum Gasteiger partial charge on any atom is 0.117 e. The molecular formula is C17H27N3. The summed E-state index contributed by atoms with van der Waals surface area (Å²) >= 11 is 0. The zero-order valence-corrected chi connectivity index (χ0v) is 14.3. The van der Waals surface area contributed by atoms with Crippen LogP contribution in [0.4, 0.5) is 0 Å². The molecule has 0 unspecified atom stereocenters. The smallest absolute Gasteiger partial charge is 0.117 e. The second-order valence-electron chi connectivity index (χ2n) is 7.91. The molecule has 110 valence electrons. The van der Waals surface area contributed by atoms with Crippen molar-refractivity contribution in [1.29, 1.82) is 0 Å². The van der Waals surface area contributed by atoms with E-state index in [0.29, 0.717) is 0 Å². The zero-order chi connectivity index (χ0) is 15.5. The van der Waals surface area contributed by atoms with Crippen molar-refractivity contribution in [2.75, 3.05) is 0 Å². The highest BCUT2D eigenvalue weighted by atomic mass is 15.4. The molecule has 0 N–H and O–H groups in total. The molecule has 20 heavy (non-hydrogen) atoms. The fourth-order valence-corrected chi connectivity index (χ4v) is 3.37. The molecule has 0 saturated carbocycles. The molecule has 0 atom stereocenters. The number of hydrogen-bond acceptors (Lipinski definition) is 2. The summed E-state index contributed by atoms with van der Waals surface area (Å²) in [5.41, 5.74) is 7.82. The molecule has 1 aromatic carbocycles. The van der Waals surface area contributed by atoms with Crippen LogP contribution in [0.25, 0.3) is 11.0 Å². The fraction of sp³-hybridized carbons (Fsp3) is 0.647. The number of rotatable bonds is 0. The van der Waals surface area contributed by atoms with E-state index >= 15 is 0 Å². The van der Waals surface area contributed by atoms with Crippen molar-refractivity contribution in [1.82, 2.24) is 15.0 Å². The summed E-state index contributed by atoms with van der Waals surface area (Å²) in [6.07, 6.45) is 0. The van der Waals surface area contributed by atoms with Crippen molar-refractivity contribution in [3.05, 3.63) is 22.3 Å². The highest BCUT2D eigenvalue weighted by Crippen LogP contribution is 2.40. The van der Waals surface area contributed by atoms with Gasteiger partial charge in [-0.25, -0.2) is 4.68 Å². The standard InChI is InChI=1S/C17H27N3/c1-10-11(2)13(17(6,7)8)15-14(18-19-20(15)9)12(10)16(3,4)5/h1-9H3. The lowest BCUT2D eigenvalue weighted by Gasteiger charge is -2.29. The van der Waals surface area contributed by atoms with Crippen LogP contribution in [0.5, 0.6) is 0 Å². The van der Waals surface area contributed by atoms with E-state index in [0.717, 1.165) is 5.52 Å². The highest BCUT2D eigenvalue weighted by Gasteiger charge is 2.30. The van der Waals surface area contributed by atoms with Crippen molar-refractivity contribution >= 4 is 11.0 Å². The molecule has 0 fully saturated rings. The number of nitrogens with zero attached hydrogens (tertiary/aromatic N) is 3. The van der Waals surface area contributed by atoms with Gasteiger partial charge < -0.3 is 0 Å². The SMILES string of the molecule is Cc1c(C)c(C(C)(C)C)c2c(nnn2C)c1C(C)(C)C. The summed E-state index contributed by atoms with van der Waals surface area (Å²) in [5.74, 6) is 0. The normalized spacial score (nSPS) is 13.2. The Morgan fingerprint density at radius 1 is 0.800 bits per heavy atom. The van der Waals surface area contributed by atoms with Crippen LogP contribution < -0.4 is 0 Å². The fourth-order valence-electron chi connectivity index (χ4n) is 3.37. The number of benzene rings is 1. The lowest BCUT2D eigenvalue weighted by molar-refractivity contribution is 0.575. The van der Waals surface area contributed by atoms with Gasteiger partial charge in [-0.05, 0) is 46.9 Å². The van der Waals surface area contributed by atoms with Crippen molar-refractivity contribution in [3.8, 4) is 0 Å². The van der Waals surface area contributed by atoms with Gasteiger partial charge in [0, 0.05) is 7.05 Å². The van der Waals surface area contributed by atoms with Gasteiger partial charge in [-0.2, -0.15) is 0 Å². The van der Waals surface area contributed by atoms with Crippen LogP contribution >= 0.6 is 0 Å². The Morgan fingerprint density at radius 2 is 1.25 bits per heavy atom. The van der Waals surface area contributed by atoms with Gasteiger partial charge in [0.1, 0.15) is 5.52 Å². The van der Waals surface area contributed by atoms with E-state index in [9.17, 15) is 0 Å². The second-order valence-corrected chi connectivity index (χ2v) is 7.91. The van der Waals surface area contributed by atoms with Crippen molar-refractivity contribution in [2.45, 2.75) is 66.2 Å². The molecule has 2 aromatic rings. The molecule has 0 aliphatic carbocycles. The molecule has 0 amide bonds. The van der Waals surface area contributed by atoms with Crippen LogP contribution in [0.1, 0.15) is 63.8 Å². The van der Waals surface area contributed by atoms with Crippen molar-refractivity contribution in [3.63, 3.8) is 0 Å². The maximum absolute atomic E-state index is 4.47. The first-order chi connectivity index (χ1) is 8.96. The van der Waals surface area contributed by atoms with Crippen LogP contribution in [-0.2, 0) is 17.9 Å². The molecule has 0 saturated heterocycles. The van der Waals surface area contributed by atoms with Crippen LogP contribution in [0.2, 0.25) is 0 Å². The summed E-state index contributed by atoms with van der Waals surface area (Å²) in [5, 5.41) is 8.77. The Hall–Kier alpha value is -1.38. The molecule has 1 heterocycles. The van der Waals surface area contributed by atoms with Crippen molar-refractivity contribution < 1.29 is 0 Å². The molecule has 3 heteroatoms. The third kappa shape index (κ3) is 2.13. The van der Waals surface area contributed by atoms with E-state index < -0.39 is 0 Å². The minimum absolute atomic E-state index is 0.0690. The van der Waals surface area contributed by atoms with E-state index in [1.165, 1.54) is 27.8 Å². The van der Waals surface area contributed by atoms with Gasteiger partial charge in [-0.15, -0.1) is 5.10 Å². The monoisotopic (exact) mass is 273 g/mol. The molecule has 0 aliphatic rings. The summed E-state index contributed by atoms with van der Waals surface area (Å²) < 4.78 is 1.93. The lowest BCUT2D eigenvalue weighted by atomic mass is 9.75. The van der Waals surface area contributed by atoms with Crippen molar-refractivity contribution in [2.24, 2.45) is 7.05 Å². The van der Waals surface area contributed by atoms with Gasteiger partial charge in [0.05, 0.1) is 5.52 Å². The quantitative estimate of drug-likeness (QED) is 0.721. The highest BCUT2D eigenvalue weighted by molar-refractivity contribution is 5.86. The van der Waals surface area contributed by atoms with Gasteiger partial charge in [-0.3, -0.25) is 0 Å². The summed E-state index contributed by atoms with van der Waals surface area (Å²) in [4.78, 5) is 0. The molecule has 0 bridgehead atoms. The number of fused-ring (bicyclic) bond motifs is 1. The Balaban J connectivity index is 3.07. The Bertz CT molecular complexity index is 664. The van der Waals surface area contributed by atoms with E-state index in [2.05, 4.69) is 65.7 Å². The summed E-state index contributed by atoms with van der Waals surface area (Å²) in [6.45, 7) is 18.0. The zero-order valence-electron chi connectivity index (χ0n) is 14.3. The maximum atomic E-state index is 4.47. The molecular weight excluding hydrogens is 246 g/mol. The second kappa shape index (κ2) is 4.31. The first-order valence-electron chi connectivity index (χ1n) is 7.29. The number of hydrogen-bond donors (Lipinski definition) is 0. The van der Waals surface area contributed by atoms with E-state index in [-0.39, 0.29) is 10.8 Å². The first-order valence-corrected chi connectivity index (χ1v) is 7.29. The third-order valence-corrected chi connectivity index (χ3v) is 4.11. The van der Waals surface area contributed by atoms with Crippen LogP contribution in [0.3, 0.4) is 0 Å². The molecule has 2 rings (SSSR count). The Morgan fingerprint density at radius 3 is 1.70 bits per heavy atom. The molecule has 1 aromatic heterocycles. The lowest BCUT2D eigenvalue weighted by Crippen LogP contribution is -2.21. The Labute approximate surface area is 122 Å². The minimum Gasteiger partial charge on any atom is -0.247 e. The molecule has 3 nitrogen and oxygen atoms in total. The third-order valence-electron chi connectivity index (χ3n) is 4.11. The predicted molar refractivity (Wildman–Crippen MR) is 85.4 cm³/mol. The average Bonchev–Trinajstić information content (AvgIpc) is 2.58. The summed E-state index contributed by atoms with van der Waals surface area (Å²) in [7, 11) is 1.99. The number of aromatic nitrogens is 3. The van der Waals surface area contributed by atoms with Crippen LogP contribution in [-0.4, -0.2) is 15.0 Å². The molecule has 0 spiro atoms. The topological polar surface area (TPSA) is 30.7 Å². The first kappa shape index (κ1) is 15.0. The van der Waals surface area contributed by atoms with Gasteiger partial charge >= 0.3 is 0 Å².